The highest BCUT2D eigenvalue weighted by molar-refractivity contribution is 5.49. The summed E-state index contributed by atoms with van der Waals surface area (Å²) < 4.78 is 39.8. The number of hydrogen-bond acceptors (Lipinski definition) is 2. The van der Waals surface area contributed by atoms with Crippen LogP contribution in [0.25, 0.3) is 0 Å². The molecule has 5 heteroatoms. The predicted octanol–water partition coefficient (Wildman–Crippen LogP) is 2.29. The van der Waals surface area contributed by atoms with E-state index in [0.717, 1.165) is 12.6 Å². The molecule has 3 rings (SSSR count). The molecule has 1 saturated carbocycles. The number of anilines is 1. The fourth-order valence-electron chi connectivity index (χ4n) is 2.57. The molecule has 0 aromatic heterocycles. The lowest BCUT2D eigenvalue weighted by Gasteiger charge is -2.35. The molecule has 0 bridgehead atoms. The summed E-state index contributed by atoms with van der Waals surface area (Å²) in [5.41, 5.74) is 0.168. The van der Waals surface area contributed by atoms with Crippen molar-refractivity contribution in [2.45, 2.75) is 18.9 Å². The first-order chi connectivity index (χ1) is 8.66. The highest BCUT2D eigenvalue weighted by atomic mass is 19.2. The van der Waals surface area contributed by atoms with Gasteiger partial charge in [-0.2, -0.15) is 0 Å². The minimum atomic E-state index is -1.38. The average molecular weight is 256 g/mol. The van der Waals surface area contributed by atoms with E-state index >= 15 is 0 Å². The molecule has 0 amide bonds. The first-order valence-electron chi connectivity index (χ1n) is 6.28. The highest BCUT2D eigenvalue weighted by Crippen LogP contribution is 2.35. The molecule has 98 valence electrons. The van der Waals surface area contributed by atoms with E-state index < -0.39 is 17.5 Å². The molecule has 1 aromatic rings. The lowest BCUT2D eigenvalue weighted by molar-refractivity contribution is 0.408. The average Bonchev–Trinajstić information content (AvgIpc) is 3.21. The first-order valence-corrected chi connectivity index (χ1v) is 6.28. The Morgan fingerprint density at radius 2 is 1.89 bits per heavy atom. The molecule has 18 heavy (non-hydrogen) atoms. The van der Waals surface area contributed by atoms with Gasteiger partial charge in [-0.25, -0.2) is 13.2 Å². The van der Waals surface area contributed by atoms with Gasteiger partial charge in [-0.3, -0.25) is 0 Å². The molecular weight excluding hydrogens is 241 g/mol. The largest absolute Gasteiger partial charge is 0.366 e. The maximum atomic E-state index is 13.7. The minimum Gasteiger partial charge on any atom is -0.366 e. The Hall–Kier alpha value is -1.23. The van der Waals surface area contributed by atoms with Gasteiger partial charge in [0.25, 0.3) is 0 Å². The van der Waals surface area contributed by atoms with Crippen molar-refractivity contribution >= 4 is 5.69 Å². The van der Waals surface area contributed by atoms with Gasteiger partial charge >= 0.3 is 0 Å². The number of halogens is 3. The van der Waals surface area contributed by atoms with Gasteiger partial charge in [0.1, 0.15) is 0 Å². The molecule has 2 nitrogen and oxygen atoms in total. The fraction of sp³-hybridized carbons (Fsp3) is 0.538. The van der Waals surface area contributed by atoms with E-state index in [-0.39, 0.29) is 5.69 Å². The van der Waals surface area contributed by atoms with Crippen LogP contribution in [0.15, 0.2) is 12.1 Å². The van der Waals surface area contributed by atoms with Gasteiger partial charge in [0.2, 0.25) is 0 Å². The van der Waals surface area contributed by atoms with Gasteiger partial charge in [-0.05, 0) is 30.9 Å². The Balaban J connectivity index is 1.83. The summed E-state index contributed by atoms with van der Waals surface area (Å²) in [6.45, 7) is 2.03. The van der Waals surface area contributed by atoms with Crippen LogP contribution in [0.1, 0.15) is 12.8 Å². The molecule has 1 saturated heterocycles. The van der Waals surface area contributed by atoms with Crippen LogP contribution < -0.4 is 10.2 Å². The summed E-state index contributed by atoms with van der Waals surface area (Å²) in [5, 5.41) is 3.39. The minimum absolute atomic E-state index is 0.168. The topological polar surface area (TPSA) is 15.3 Å². The monoisotopic (exact) mass is 256 g/mol. The fourth-order valence-corrected chi connectivity index (χ4v) is 2.57. The lowest BCUT2D eigenvalue weighted by Crippen LogP contribution is -2.52. The van der Waals surface area contributed by atoms with Crippen molar-refractivity contribution in [3.05, 3.63) is 29.6 Å². The second kappa shape index (κ2) is 4.46. The number of benzene rings is 1. The van der Waals surface area contributed by atoms with Gasteiger partial charge in [-0.15, -0.1) is 0 Å². The van der Waals surface area contributed by atoms with Crippen molar-refractivity contribution in [2.24, 2.45) is 5.92 Å². The molecule has 1 atom stereocenters. The summed E-state index contributed by atoms with van der Waals surface area (Å²) in [7, 11) is 0. The van der Waals surface area contributed by atoms with Crippen LogP contribution in [0.5, 0.6) is 0 Å². The second-order valence-electron chi connectivity index (χ2n) is 5.04. The van der Waals surface area contributed by atoms with Crippen molar-refractivity contribution in [1.29, 1.82) is 0 Å². The standard InChI is InChI=1S/C13H15F3N2/c14-9-3-4-11(13(16)12(9)15)18-6-5-17-10(7-18)8-1-2-8/h3-4,8,10,17H,1-2,5-7H2. The zero-order valence-corrected chi connectivity index (χ0v) is 9.93. The quantitative estimate of drug-likeness (QED) is 0.817. The maximum Gasteiger partial charge on any atom is 0.196 e. The van der Waals surface area contributed by atoms with Crippen molar-refractivity contribution in [2.75, 3.05) is 24.5 Å². The van der Waals surface area contributed by atoms with Crippen LogP contribution >= 0.6 is 0 Å². The molecule has 2 fully saturated rings. The smallest absolute Gasteiger partial charge is 0.196 e. The Kier molecular flexibility index (Phi) is 2.93. The maximum absolute atomic E-state index is 13.7. The van der Waals surface area contributed by atoms with Crippen molar-refractivity contribution in [1.82, 2.24) is 5.32 Å². The van der Waals surface area contributed by atoms with E-state index in [1.165, 1.54) is 18.9 Å². The van der Waals surface area contributed by atoms with E-state index in [9.17, 15) is 13.2 Å². The summed E-state index contributed by atoms with van der Waals surface area (Å²) in [5.74, 6) is -2.94. The molecule has 0 radical (unpaired) electrons. The number of hydrogen-bond donors (Lipinski definition) is 1. The van der Waals surface area contributed by atoms with Crippen LogP contribution in [0.3, 0.4) is 0 Å². The lowest BCUT2D eigenvalue weighted by atomic mass is 10.1. The molecular formula is C13H15F3N2. The third-order valence-corrected chi connectivity index (χ3v) is 3.75. The summed E-state index contributed by atoms with van der Waals surface area (Å²) in [6, 6.07) is 2.65. The van der Waals surface area contributed by atoms with E-state index in [0.29, 0.717) is 25.0 Å². The highest BCUT2D eigenvalue weighted by Gasteiger charge is 2.34. The zero-order valence-electron chi connectivity index (χ0n) is 9.93. The third-order valence-electron chi connectivity index (χ3n) is 3.75. The predicted molar refractivity (Wildman–Crippen MR) is 63.0 cm³/mol. The zero-order chi connectivity index (χ0) is 12.7. The summed E-state index contributed by atoms with van der Waals surface area (Å²) in [4.78, 5) is 1.80. The summed E-state index contributed by atoms with van der Waals surface area (Å²) >= 11 is 0. The number of rotatable bonds is 2. The van der Waals surface area contributed by atoms with E-state index in [4.69, 9.17) is 0 Å². The van der Waals surface area contributed by atoms with Crippen LogP contribution in [-0.4, -0.2) is 25.7 Å². The first kappa shape index (κ1) is 11.8. The number of nitrogens with one attached hydrogen (secondary N) is 1. The molecule has 1 aromatic carbocycles. The third kappa shape index (κ3) is 2.07. The van der Waals surface area contributed by atoms with Gasteiger partial charge in [0.05, 0.1) is 5.69 Å². The van der Waals surface area contributed by atoms with Crippen molar-refractivity contribution < 1.29 is 13.2 Å². The van der Waals surface area contributed by atoms with Gasteiger partial charge in [-0.1, -0.05) is 0 Å². The van der Waals surface area contributed by atoms with E-state index in [2.05, 4.69) is 5.32 Å². The molecule has 1 heterocycles. The van der Waals surface area contributed by atoms with Gasteiger partial charge in [0.15, 0.2) is 17.5 Å². The molecule has 1 aliphatic heterocycles. The Morgan fingerprint density at radius 3 is 2.61 bits per heavy atom. The van der Waals surface area contributed by atoms with E-state index in [1.807, 2.05) is 0 Å². The number of nitrogens with zero attached hydrogens (tertiary/aromatic N) is 1. The van der Waals surface area contributed by atoms with Crippen LogP contribution in [0.2, 0.25) is 0 Å². The molecule has 1 unspecified atom stereocenters. The molecule has 0 spiro atoms. The van der Waals surface area contributed by atoms with Crippen molar-refractivity contribution in [3.63, 3.8) is 0 Å². The van der Waals surface area contributed by atoms with Crippen LogP contribution in [0, 0.1) is 23.4 Å². The SMILES string of the molecule is Fc1ccc(N2CCNC(C3CC3)C2)c(F)c1F. The molecule has 2 aliphatic rings. The number of piperazine rings is 1. The second-order valence-corrected chi connectivity index (χ2v) is 5.04. The van der Waals surface area contributed by atoms with Gasteiger partial charge in [0, 0.05) is 25.7 Å². The Labute approximate surface area is 104 Å². The van der Waals surface area contributed by atoms with Gasteiger partial charge < -0.3 is 10.2 Å². The van der Waals surface area contributed by atoms with Crippen LogP contribution in [-0.2, 0) is 0 Å². The normalized spacial score (nSPS) is 24.4. The van der Waals surface area contributed by atoms with Crippen molar-refractivity contribution in [3.8, 4) is 0 Å². The Morgan fingerprint density at radius 1 is 1.11 bits per heavy atom. The van der Waals surface area contributed by atoms with E-state index in [1.54, 1.807) is 4.90 Å². The Bertz CT molecular complexity index is 460. The molecule has 1 aliphatic carbocycles. The molecule has 1 N–H and O–H groups in total. The van der Waals surface area contributed by atoms with Crippen LogP contribution in [0.4, 0.5) is 18.9 Å². The summed E-state index contributed by atoms with van der Waals surface area (Å²) in [6.07, 6.45) is 2.40.